The Hall–Kier alpha value is -2.70. The average molecular weight is 339 g/mol. The van der Waals surface area contributed by atoms with Gasteiger partial charge in [0.1, 0.15) is 11.3 Å². The van der Waals surface area contributed by atoms with Crippen molar-refractivity contribution in [1.82, 2.24) is 25.0 Å². The van der Waals surface area contributed by atoms with Gasteiger partial charge in [0.25, 0.3) is 5.91 Å². The van der Waals surface area contributed by atoms with E-state index in [1.165, 1.54) is 0 Å². The van der Waals surface area contributed by atoms with Crippen molar-refractivity contribution in [2.45, 2.75) is 39.0 Å². The molecule has 0 radical (unpaired) electrons. The summed E-state index contributed by atoms with van der Waals surface area (Å²) in [6.07, 6.45) is 4.45. The molecule has 3 aromatic heterocycles. The van der Waals surface area contributed by atoms with Crippen LogP contribution >= 0.6 is 0 Å². The highest BCUT2D eigenvalue weighted by Gasteiger charge is 2.30. The minimum Gasteiger partial charge on any atom is -0.361 e. The van der Waals surface area contributed by atoms with E-state index in [9.17, 15) is 4.79 Å². The lowest BCUT2D eigenvalue weighted by atomic mass is 10.1. The second-order valence-corrected chi connectivity index (χ2v) is 6.64. The summed E-state index contributed by atoms with van der Waals surface area (Å²) in [4.78, 5) is 26.7. The molecule has 1 N–H and O–H groups in total. The summed E-state index contributed by atoms with van der Waals surface area (Å²) >= 11 is 0. The average Bonchev–Trinajstić information content (AvgIpc) is 3.33. The lowest BCUT2D eigenvalue weighted by Crippen LogP contribution is -2.28. The van der Waals surface area contributed by atoms with E-state index in [1.54, 1.807) is 12.3 Å². The van der Waals surface area contributed by atoms with E-state index in [0.29, 0.717) is 18.8 Å². The van der Waals surface area contributed by atoms with Crippen LogP contribution in [0.1, 0.15) is 53.3 Å². The molecule has 130 valence electrons. The highest BCUT2D eigenvalue weighted by atomic mass is 16.5. The van der Waals surface area contributed by atoms with Crippen LogP contribution in [-0.2, 0) is 6.42 Å². The van der Waals surface area contributed by atoms with Crippen molar-refractivity contribution >= 4 is 17.1 Å². The van der Waals surface area contributed by atoms with Gasteiger partial charge in [-0.15, -0.1) is 0 Å². The summed E-state index contributed by atoms with van der Waals surface area (Å²) in [6.45, 7) is 5.38. The summed E-state index contributed by atoms with van der Waals surface area (Å²) in [5, 5.41) is 3.93. The van der Waals surface area contributed by atoms with Crippen molar-refractivity contribution in [2.75, 3.05) is 13.1 Å². The van der Waals surface area contributed by atoms with E-state index in [-0.39, 0.29) is 11.8 Å². The zero-order valence-electron chi connectivity index (χ0n) is 14.5. The molecule has 1 amide bonds. The first-order valence-corrected chi connectivity index (χ1v) is 8.71. The third-order valence-corrected chi connectivity index (χ3v) is 4.67. The maximum Gasteiger partial charge on any atom is 0.276 e. The molecule has 1 saturated heterocycles. The molecule has 0 aromatic carbocycles. The first-order valence-electron chi connectivity index (χ1n) is 8.71. The second-order valence-electron chi connectivity index (χ2n) is 6.64. The second kappa shape index (κ2) is 6.31. The van der Waals surface area contributed by atoms with E-state index in [2.05, 4.69) is 27.0 Å². The third-order valence-electron chi connectivity index (χ3n) is 4.67. The van der Waals surface area contributed by atoms with Crippen LogP contribution in [0.3, 0.4) is 0 Å². The van der Waals surface area contributed by atoms with Crippen LogP contribution in [0.4, 0.5) is 0 Å². The Morgan fingerprint density at radius 1 is 1.44 bits per heavy atom. The highest BCUT2D eigenvalue weighted by Crippen LogP contribution is 2.29. The fourth-order valence-corrected chi connectivity index (χ4v) is 3.36. The first-order chi connectivity index (χ1) is 12.1. The zero-order chi connectivity index (χ0) is 17.4. The molecule has 7 heteroatoms. The van der Waals surface area contributed by atoms with Gasteiger partial charge in [-0.1, -0.05) is 12.1 Å². The van der Waals surface area contributed by atoms with Crippen molar-refractivity contribution in [3.63, 3.8) is 0 Å². The molecule has 1 fully saturated rings. The van der Waals surface area contributed by atoms with Crippen LogP contribution in [0.5, 0.6) is 0 Å². The number of aryl methyl sites for hydroxylation is 2. The van der Waals surface area contributed by atoms with Gasteiger partial charge in [-0.3, -0.25) is 9.78 Å². The number of aromatic nitrogens is 4. The SMILES string of the molecule is CCCc1cc(C(=O)N2CC[C@H](c3cc4ncc(C)nc4[nH]3)C2)no1. The maximum absolute atomic E-state index is 12.6. The molecular weight excluding hydrogens is 318 g/mol. The number of hydrogen-bond acceptors (Lipinski definition) is 5. The van der Waals surface area contributed by atoms with E-state index in [0.717, 1.165) is 47.6 Å². The fourth-order valence-electron chi connectivity index (χ4n) is 3.36. The summed E-state index contributed by atoms with van der Waals surface area (Å²) in [5.41, 5.74) is 4.05. The van der Waals surface area contributed by atoms with Crippen LogP contribution in [0.2, 0.25) is 0 Å². The van der Waals surface area contributed by atoms with E-state index in [4.69, 9.17) is 4.52 Å². The molecule has 25 heavy (non-hydrogen) atoms. The van der Waals surface area contributed by atoms with E-state index < -0.39 is 0 Å². The minimum absolute atomic E-state index is 0.0585. The van der Waals surface area contributed by atoms with Gasteiger partial charge < -0.3 is 14.4 Å². The number of amides is 1. The predicted octanol–water partition coefficient (Wildman–Crippen LogP) is 2.84. The normalized spacial score (nSPS) is 17.5. The van der Waals surface area contributed by atoms with Gasteiger partial charge in [-0.2, -0.15) is 0 Å². The largest absolute Gasteiger partial charge is 0.361 e. The Balaban J connectivity index is 1.48. The summed E-state index contributed by atoms with van der Waals surface area (Å²) in [7, 11) is 0. The number of H-pyrrole nitrogens is 1. The Bertz CT molecular complexity index is 913. The number of fused-ring (bicyclic) bond motifs is 1. The Morgan fingerprint density at radius 2 is 2.32 bits per heavy atom. The molecule has 7 nitrogen and oxygen atoms in total. The Kier molecular flexibility index (Phi) is 3.99. The lowest BCUT2D eigenvalue weighted by Gasteiger charge is -2.14. The van der Waals surface area contributed by atoms with Crippen LogP contribution in [0, 0.1) is 6.92 Å². The molecule has 1 atom stereocenters. The standard InChI is InChI=1S/C18H21N5O2/c1-3-4-13-7-16(22-25-13)18(24)23-6-5-12(10-23)14-8-15-17(21-14)20-11(2)9-19-15/h7-9,12H,3-6,10H2,1-2H3,(H,20,21)/t12-/m0/s1. The molecule has 0 aliphatic carbocycles. The van der Waals surface area contributed by atoms with Crippen molar-refractivity contribution < 1.29 is 9.32 Å². The number of rotatable bonds is 4. The maximum atomic E-state index is 12.6. The summed E-state index contributed by atoms with van der Waals surface area (Å²) < 4.78 is 5.23. The molecule has 0 bridgehead atoms. The van der Waals surface area contributed by atoms with Crippen molar-refractivity contribution in [1.29, 1.82) is 0 Å². The van der Waals surface area contributed by atoms with E-state index >= 15 is 0 Å². The van der Waals surface area contributed by atoms with Crippen molar-refractivity contribution in [3.8, 4) is 0 Å². The monoisotopic (exact) mass is 339 g/mol. The summed E-state index contributed by atoms with van der Waals surface area (Å²) in [6, 6.07) is 3.80. The quantitative estimate of drug-likeness (QED) is 0.789. The van der Waals surface area contributed by atoms with Gasteiger partial charge in [0.05, 0.1) is 5.69 Å². The molecular formula is C18H21N5O2. The molecule has 4 heterocycles. The molecule has 1 aliphatic heterocycles. The number of nitrogens with zero attached hydrogens (tertiary/aromatic N) is 4. The molecule has 0 saturated carbocycles. The van der Waals surface area contributed by atoms with Gasteiger partial charge in [-0.25, -0.2) is 4.98 Å². The van der Waals surface area contributed by atoms with Gasteiger partial charge >= 0.3 is 0 Å². The van der Waals surface area contributed by atoms with Crippen LogP contribution in [0.15, 0.2) is 22.9 Å². The lowest BCUT2D eigenvalue weighted by molar-refractivity contribution is 0.0780. The Labute approximate surface area is 145 Å². The van der Waals surface area contributed by atoms with Crippen molar-refractivity contribution in [2.24, 2.45) is 0 Å². The number of carbonyl (C=O) groups excluding carboxylic acids is 1. The van der Waals surface area contributed by atoms with Gasteiger partial charge in [0.15, 0.2) is 11.3 Å². The fraction of sp³-hybridized carbons (Fsp3) is 0.444. The Morgan fingerprint density at radius 3 is 3.16 bits per heavy atom. The smallest absolute Gasteiger partial charge is 0.276 e. The molecule has 4 rings (SSSR count). The van der Waals surface area contributed by atoms with E-state index in [1.807, 2.05) is 17.9 Å². The summed E-state index contributed by atoms with van der Waals surface area (Å²) in [5.74, 6) is 0.976. The zero-order valence-corrected chi connectivity index (χ0v) is 14.5. The van der Waals surface area contributed by atoms with Gasteiger partial charge in [0.2, 0.25) is 0 Å². The molecule has 1 aliphatic rings. The molecule has 0 unspecified atom stereocenters. The van der Waals surface area contributed by atoms with Crippen LogP contribution in [-0.4, -0.2) is 44.0 Å². The molecule has 0 spiro atoms. The number of likely N-dealkylation sites (tertiary alicyclic amines) is 1. The number of aromatic amines is 1. The van der Waals surface area contributed by atoms with Crippen LogP contribution < -0.4 is 0 Å². The van der Waals surface area contributed by atoms with Crippen molar-refractivity contribution in [3.05, 3.63) is 41.2 Å². The van der Waals surface area contributed by atoms with Gasteiger partial charge in [-0.05, 0) is 25.8 Å². The number of carbonyl (C=O) groups is 1. The van der Waals surface area contributed by atoms with Crippen LogP contribution in [0.25, 0.3) is 11.2 Å². The third kappa shape index (κ3) is 3.01. The van der Waals surface area contributed by atoms with Gasteiger partial charge in [0, 0.05) is 43.4 Å². The molecule has 3 aromatic rings. The number of hydrogen-bond donors (Lipinski definition) is 1. The number of nitrogens with one attached hydrogen (secondary N) is 1. The predicted molar refractivity (Wildman–Crippen MR) is 92.4 cm³/mol. The minimum atomic E-state index is -0.0585. The topological polar surface area (TPSA) is 87.9 Å². The highest BCUT2D eigenvalue weighted by molar-refractivity contribution is 5.92. The first kappa shape index (κ1) is 15.8.